The van der Waals surface area contributed by atoms with Crippen LogP contribution in [0.4, 0.5) is 0 Å². The molecular weight excluding hydrogens is 240 g/mol. The Morgan fingerprint density at radius 1 is 0.941 bits per heavy atom. The van der Waals surface area contributed by atoms with Crippen molar-refractivity contribution < 1.29 is 23.5 Å². The van der Waals surface area contributed by atoms with Crippen LogP contribution < -0.4 is 0 Å². The van der Waals surface area contributed by atoms with Gasteiger partial charge in [0, 0.05) is 27.4 Å². The molecule has 0 aromatic heterocycles. The fraction of sp³-hybridized carbons (Fsp3) is 1.00. The summed E-state index contributed by atoms with van der Waals surface area (Å²) in [5.41, 5.74) is 0. The molecule has 5 nitrogen and oxygen atoms in total. The number of hydrogen-bond acceptors (Lipinski definition) is 5. The van der Waals surface area contributed by atoms with Gasteiger partial charge in [0.25, 0.3) is 0 Å². The molecule has 0 fully saturated rings. The maximum atomic E-state index is 9.59. The van der Waals surface area contributed by atoms with Gasteiger partial charge in [0.1, 0.15) is 0 Å². The van der Waals surface area contributed by atoms with Gasteiger partial charge >= 0.3 is 8.80 Å². The van der Waals surface area contributed by atoms with Gasteiger partial charge in [0.05, 0.1) is 12.2 Å². The van der Waals surface area contributed by atoms with E-state index in [2.05, 4.69) is 0 Å². The summed E-state index contributed by atoms with van der Waals surface area (Å²) >= 11 is 0. The highest BCUT2D eigenvalue weighted by molar-refractivity contribution is 6.60. The fourth-order valence-corrected chi connectivity index (χ4v) is 3.51. The first-order chi connectivity index (χ1) is 8.05. The van der Waals surface area contributed by atoms with Crippen molar-refractivity contribution in [2.45, 2.75) is 50.9 Å². The van der Waals surface area contributed by atoms with Crippen molar-refractivity contribution in [2.75, 3.05) is 21.3 Å². The van der Waals surface area contributed by atoms with E-state index in [0.29, 0.717) is 12.8 Å². The second-order valence-electron chi connectivity index (χ2n) is 4.08. The number of aliphatic hydroxyl groups is 2. The Labute approximate surface area is 105 Å². The maximum absolute atomic E-state index is 9.59. The van der Waals surface area contributed by atoms with Gasteiger partial charge in [-0.2, -0.15) is 0 Å². The van der Waals surface area contributed by atoms with Crippen molar-refractivity contribution in [1.29, 1.82) is 0 Å². The van der Waals surface area contributed by atoms with Crippen LogP contribution in [0.1, 0.15) is 32.6 Å². The molecule has 0 aliphatic rings. The summed E-state index contributed by atoms with van der Waals surface area (Å²) in [7, 11) is 2.31. The van der Waals surface area contributed by atoms with Crippen LogP contribution in [0.5, 0.6) is 0 Å². The van der Waals surface area contributed by atoms with Crippen LogP contribution in [0.3, 0.4) is 0 Å². The first kappa shape index (κ1) is 17.0. The van der Waals surface area contributed by atoms with Crippen LogP contribution in [-0.4, -0.2) is 52.6 Å². The molecular formula is C11H26O5Si. The standard InChI is InChI=1S/C11H26O5Si/c1-5-10(12)11(13)8-6-7-9-17(14-2,15-3)16-4/h10-13H,5-9H2,1-4H3. The highest BCUT2D eigenvalue weighted by atomic mass is 28.4. The van der Waals surface area contributed by atoms with E-state index < -0.39 is 21.0 Å². The molecule has 0 saturated heterocycles. The Morgan fingerprint density at radius 2 is 1.47 bits per heavy atom. The number of hydrogen-bond donors (Lipinski definition) is 2. The van der Waals surface area contributed by atoms with Gasteiger partial charge < -0.3 is 23.5 Å². The fourth-order valence-electron chi connectivity index (χ4n) is 1.72. The first-order valence-corrected chi connectivity index (χ1v) is 8.00. The normalized spacial score (nSPS) is 15.9. The van der Waals surface area contributed by atoms with Crippen molar-refractivity contribution in [2.24, 2.45) is 0 Å². The summed E-state index contributed by atoms with van der Waals surface area (Å²) in [4.78, 5) is 0. The minimum Gasteiger partial charge on any atom is -0.390 e. The summed E-state index contributed by atoms with van der Waals surface area (Å²) in [5.74, 6) is 0. The van der Waals surface area contributed by atoms with Crippen molar-refractivity contribution in [1.82, 2.24) is 0 Å². The highest BCUT2D eigenvalue weighted by Gasteiger charge is 2.36. The van der Waals surface area contributed by atoms with Crippen molar-refractivity contribution in [3.63, 3.8) is 0 Å². The third-order valence-electron chi connectivity index (χ3n) is 3.03. The van der Waals surface area contributed by atoms with Crippen LogP contribution in [0, 0.1) is 0 Å². The van der Waals surface area contributed by atoms with E-state index in [0.717, 1.165) is 18.9 Å². The van der Waals surface area contributed by atoms with Gasteiger partial charge in [-0.05, 0) is 19.3 Å². The van der Waals surface area contributed by atoms with Gasteiger partial charge in [-0.1, -0.05) is 13.3 Å². The molecule has 0 radical (unpaired) electrons. The van der Waals surface area contributed by atoms with E-state index in [-0.39, 0.29) is 0 Å². The second-order valence-corrected chi connectivity index (χ2v) is 7.17. The van der Waals surface area contributed by atoms with E-state index in [4.69, 9.17) is 13.3 Å². The quantitative estimate of drug-likeness (QED) is 0.459. The van der Waals surface area contributed by atoms with Crippen molar-refractivity contribution >= 4 is 8.80 Å². The molecule has 0 amide bonds. The van der Waals surface area contributed by atoms with E-state index >= 15 is 0 Å². The predicted molar refractivity (Wildman–Crippen MR) is 67.7 cm³/mol. The zero-order valence-corrected chi connectivity index (χ0v) is 12.3. The number of rotatable bonds is 10. The Kier molecular flexibility index (Phi) is 9.02. The molecule has 6 heteroatoms. The van der Waals surface area contributed by atoms with Crippen LogP contribution in [0.25, 0.3) is 0 Å². The van der Waals surface area contributed by atoms with E-state index in [1.54, 1.807) is 21.3 Å². The molecule has 0 heterocycles. The minimum absolute atomic E-state index is 0.577. The van der Waals surface area contributed by atoms with Gasteiger partial charge in [0.2, 0.25) is 0 Å². The summed E-state index contributed by atoms with van der Waals surface area (Å²) in [6.45, 7) is 1.85. The summed E-state index contributed by atoms with van der Waals surface area (Å²) in [6, 6.07) is 0.728. The van der Waals surface area contributed by atoms with E-state index in [1.165, 1.54) is 0 Å². The molecule has 0 spiro atoms. The third-order valence-corrected chi connectivity index (χ3v) is 5.86. The zero-order chi connectivity index (χ0) is 13.3. The van der Waals surface area contributed by atoms with Gasteiger partial charge in [-0.3, -0.25) is 0 Å². The summed E-state index contributed by atoms with van der Waals surface area (Å²) < 4.78 is 15.9. The summed E-state index contributed by atoms with van der Waals surface area (Å²) in [6.07, 6.45) is 1.59. The lowest BCUT2D eigenvalue weighted by Crippen LogP contribution is -2.42. The lowest BCUT2D eigenvalue weighted by molar-refractivity contribution is 0.0114. The van der Waals surface area contributed by atoms with Gasteiger partial charge in [0.15, 0.2) is 0 Å². The Morgan fingerprint density at radius 3 is 1.88 bits per heavy atom. The Balaban J connectivity index is 3.83. The molecule has 2 atom stereocenters. The highest BCUT2D eigenvalue weighted by Crippen LogP contribution is 2.18. The average molecular weight is 266 g/mol. The summed E-state index contributed by atoms with van der Waals surface area (Å²) in [5, 5.41) is 19.0. The second kappa shape index (κ2) is 9.01. The third kappa shape index (κ3) is 5.94. The molecule has 0 aromatic rings. The lowest BCUT2D eigenvalue weighted by atomic mass is 10.1. The van der Waals surface area contributed by atoms with Gasteiger partial charge in [-0.25, -0.2) is 0 Å². The molecule has 104 valence electrons. The Hall–Kier alpha value is 0.0169. The molecule has 0 aliphatic carbocycles. The molecule has 0 aliphatic heterocycles. The lowest BCUT2D eigenvalue weighted by Gasteiger charge is -2.24. The molecule has 0 saturated carbocycles. The van der Waals surface area contributed by atoms with Crippen LogP contribution in [-0.2, 0) is 13.3 Å². The topological polar surface area (TPSA) is 68.2 Å². The van der Waals surface area contributed by atoms with Crippen LogP contribution >= 0.6 is 0 Å². The van der Waals surface area contributed by atoms with Crippen LogP contribution in [0.15, 0.2) is 0 Å². The van der Waals surface area contributed by atoms with Crippen molar-refractivity contribution in [3.05, 3.63) is 0 Å². The van der Waals surface area contributed by atoms with E-state index in [1.807, 2.05) is 6.92 Å². The van der Waals surface area contributed by atoms with E-state index in [9.17, 15) is 10.2 Å². The zero-order valence-electron chi connectivity index (χ0n) is 11.3. The largest absolute Gasteiger partial charge is 0.500 e. The average Bonchev–Trinajstić information content (AvgIpc) is 2.38. The number of aliphatic hydroxyl groups excluding tert-OH is 2. The first-order valence-electron chi connectivity index (χ1n) is 6.06. The molecule has 0 rings (SSSR count). The predicted octanol–water partition coefficient (Wildman–Crippen LogP) is 1.17. The monoisotopic (exact) mass is 266 g/mol. The molecule has 0 bridgehead atoms. The Bertz CT molecular complexity index is 178. The molecule has 2 unspecified atom stereocenters. The van der Waals surface area contributed by atoms with Crippen molar-refractivity contribution in [3.8, 4) is 0 Å². The maximum Gasteiger partial charge on any atom is 0.500 e. The SMILES string of the molecule is CCC(O)C(O)CCCC[Si](OC)(OC)OC. The van der Waals surface area contributed by atoms with Gasteiger partial charge in [-0.15, -0.1) is 0 Å². The molecule has 0 aromatic carbocycles. The molecule has 17 heavy (non-hydrogen) atoms. The molecule has 2 N–H and O–H groups in total. The number of unbranched alkanes of at least 4 members (excludes halogenated alkanes) is 1. The van der Waals surface area contributed by atoms with Crippen LogP contribution in [0.2, 0.25) is 6.04 Å². The minimum atomic E-state index is -2.47. The smallest absolute Gasteiger partial charge is 0.390 e.